The van der Waals surface area contributed by atoms with Crippen LogP contribution in [-0.4, -0.2) is 28.0 Å². The molecule has 27 heavy (non-hydrogen) atoms. The van der Waals surface area contributed by atoms with E-state index in [-0.39, 0.29) is 10.7 Å². The van der Waals surface area contributed by atoms with Gasteiger partial charge in [0.1, 0.15) is 12.4 Å². The predicted molar refractivity (Wildman–Crippen MR) is 97.0 cm³/mol. The Morgan fingerprint density at radius 3 is 2.81 bits per heavy atom. The molecule has 0 unspecified atom stereocenters. The van der Waals surface area contributed by atoms with Gasteiger partial charge in [-0.25, -0.2) is 9.37 Å². The molecule has 0 saturated carbocycles. The lowest BCUT2D eigenvalue weighted by molar-refractivity contribution is -0.147. The first kappa shape index (κ1) is 18.5. The third kappa shape index (κ3) is 4.48. The van der Waals surface area contributed by atoms with Crippen molar-refractivity contribution >= 4 is 40.1 Å². The Bertz CT molecular complexity index is 1080. The number of esters is 1. The van der Waals surface area contributed by atoms with E-state index >= 15 is 0 Å². The number of nitrogens with zero attached hydrogens (tertiary/aromatic N) is 2. The van der Waals surface area contributed by atoms with Gasteiger partial charge in [-0.05, 0) is 30.3 Å². The fourth-order valence-corrected chi connectivity index (χ4v) is 2.50. The van der Waals surface area contributed by atoms with Gasteiger partial charge in [-0.3, -0.25) is 19.0 Å². The molecule has 3 rings (SSSR count). The van der Waals surface area contributed by atoms with Crippen LogP contribution in [0.15, 0.2) is 53.6 Å². The number of halogens is 2. The summed E-state index contributed by atoms with van der Waals surface area (Å²) < 4.78 is 19.5. The van der Waals surface area contributed by atoms with Crippen LogP contribution in [0, 0.1) is 5.82 Å². The van der Waals surface area contributed by atoms with Crippen molar-refractivity contribution in [1.82, 2.24) is 9.55 Å². The van der Waals surface area contributed by atoms with Crippen molar-refractivity contribution in [2.24, 2.45) is 0 Å². The van der Waals surface area contributed by atoms with Crippen LogP contribution in [0.2, 0.25) is 5.02 Å². The average molecular weight is 390 g/mol. The number of carbonyl (C=O) groups excluding carboxylic acids is 2. The molecule has 0 aliphatic rings. The number of para-hydroxylation sites is 1. The van der Waals surface area contributed by atoms with Gasteiger partial charge in [0.2, 0.25) is 0 Å². The highest BCUT2D eigenvalue weighted by atomic mass is 35.5. The largest absolute Gasteiger partial charge is 0.454 e. The van der Waals surface area contributed by atoms with E-state index in [4.69, 9.17) is 16.3 Å². The average Bonchev–Trinajstić information content (AvgIpc) is 2.65. The monoisotopic (exact) mass is 389 g/mol. The molecule has 0 radical (unpaired) electrons. The van der Waals surface area contributed by atoms with Gasteiger partial charge in [0, 0.05) is 5.02 Å². The topological polar surface area (TPSA) is 90.3 Å². The Morgan fingerprint density at radius 2 is 2.00 bits per heavy atom. The number of nitrogens with one attached hydrogen (secondary N) is 1. The molecule has 2 aromatic carbocycles. The van der Waals surface area contributed by atoms with Gasteiger partial charge in [0.05, 0.1) is 22.9 Å². The van der Waals surface area contributed by atoms with Crippen LogP contribution >= 0.6 is 11.6 Å². The molecule has 1 N–H and O–H groups in total. The molecule has 9 heteroatoms. The van der Waals surface area contributed by atoms with Crippen molar-refractivity contribution < 1.29 is 18.7 Å². The molecule has 0 spiro atoms. The summed E-state index contributed by atoms with van der Waals surface area (Å²) in [4.78, 5) is 40.1. The zero-order chi connectivity index (χ0) is 19.4. The van der Waals surface area contributed by atoms with E-state index in [0.29, 0.717) is 10.9 Å². The maximum Gasteiger partial charge on any atom is 0.326 e. The van der Waals surface area contributed by atoms with Crippen LogP contribution in [0.5, 0.6) is 0 Å². The number of amides is 1. The first-order valence-corrected chi connectivity index (χ1v) is 8.16. The van der Waals surface area contributed by atoms with Crippen LogP contribution in [0.1, 0.15) is 0 Å². The summed E-state index contributed by atoms with van der Waals surface area (Å²) in [6, 6.07) is 10.4. The number of hydrogen-bond acceptors (Lipinski definition) is 5. The normalized spacial score (nSPS) is 10.6. The SMILES string of the molecule is O=C(COC(=O)Cn1cnc2ccccc2c1=O)Nc1cc(Cl)ccc1F. The van der Waals surface area contributed by atoms with E-state index in [9.17, 15) is 18.8 Å². The summed E-state index contributed by atoms with van der Waals surface area (Å²) in [6.07, 6.45) is 1.23. The third-order valence-corrected chi connectivity index (χ3v) is 3.83. The molecular weight excluding hydrogens is 377 g/mol. The summed E-state index contributed by atoms with van der Waals surface area (Å²) >= 11 is 5.73. The molecule has 3 aromatic rings. The fraction of sp³-hybridized carbons (Fsp3) is 0.111. The summed E-state index contributed by atoms with van der Waals surface area (Å²) in [6.45, 7) is -1.05. The van der Waals surface area contributed by atoms with Crippen molar-refractivity contribution in [3.8, 4) is 0 Å². The zero-order valence-electron chi connectivity index (χ0n) is 13.8. The number of carbonyl (C=O) groups is 2. The van der Waals surface area contributed by atoms with Crippen LogP contribution in [0.3, 0.4) is 0 Å². The van der Waals surface area contributed by atoms with Crippen molar-refractivity contribution in [2.75, 3.05) is 11.9 Å². The minimum atomic E-state index is -0.809. The Morgan fingerprint density at radius 1 is 1.22 bits per heavy atom. The third-order valence-electron chi connectivity index (χ3n) is 3.60. The van der Waals surface area contributed by atoms with Crippen molar-refractivity contribution in [3.63, 3.8) is 0 Å². The van der Waals surface area contributed by atoms with Gasteiger partial charge in [0.15, 0.2) is 6.61 Å². The van der Waals surface area contributed by atoms with E-state index < -0.39 is 36.4 Å². The Balaban J connectivity index is 1.60. The number of rotatable bonds is 5. The smallest absolute Gasteiger partial charge is 0.326 e. The van der Waals surface area contributed by atoms with Gasteiger partial charge < -0.3 is 10.1 Å². The van der Waals surface area contributed by atoms with Gasteiger partial charge in [0.25, 0.3) is 11.5 Å². The molecule has 0 bridgehead atoms. The number of hydrogen-bond donors (Lipinski definition) is 1. The summed E-state index contributed by atoms with van der Waals surface area (Å²) in [5.41, 5.74) is -0.0171. The number of fused-ring (bicyclic) bond motifs is 1. The summed E-state index contributed by atoms with van der Waals surface area (Å²) in [7, 11) is 0. The molecular formula is C18H13ClFN3O4. The molecule has 0 aliphatic carbocycles. The van der Waals surface area contributed by atoms with Gasteiger partial charge >= 0.3 is 5.97 Å². The molecule has 0 aliphatic heterocycles. The molecule has 138 valence electrons. The van der Waals surface area contributed by atoms with Crippen LogP contribution in [0.25, 0.3) is 10.9 Å². The lowest BCUT2D eigenvalue weighted by Crippen LogP contribution is -2.28. The zero-order valence-corrected chi connectivity index (χ0v) is 14.6. The first-order chi connectivity index (χ1) is 12.9. The Labute approximate surface area is 157 Å². The van der Waals surface area contributed by atoms with Crippen LogP contribution in [-0.2, 0) is 20.9 Å². The van der Waals surface area contributed by atoms with Gasteiger partial charge in [-0.15, -0.1) is 0 Å². The lowest BCUT2D eigenvalue weighted by atomic mass is 10.2. The minimum absolute atomic E-state index is 0.126. The predicted octanol–water partition coefficient (Wildman–Crippen LogP) is 2.37. The summed E-state index contributed by atoms with van der Waals surface area (Å²) in [5, 5.41) is 2.85. The number of anilines is 1. The lowest BCUT2D eigenvalue weighted by Gasteiger charge is -2.09. The van der Waals surface area contributed by atoms with E-state index in [1.807, 2.05) is 0 Å². The highest BCUT2D eigenvalue weighted by Crippen LogP contribution is 2.19. The van der Waals surface area contributed by atoms with Crippen molar-refractivity contribution in [2.45, 2.75) is 6.54 Å². The second-order valence-corrected chi connectivity index (χ2v) is 5.96. The molecule has 1 amide bonds. The van der Waals surface area contributed by atoms with Crippen LogP contribution < -0.4 is 10.9 Å². The fourth-order valence-electron chi connectivity index (χ4n) is 2.33. The highest BCUT2D eigenvalue weighted by Gasteiger charge is 2.13. The Kier molecular flexibility index (Phi) is 5.46. The second-order valence-electron chi connectivity index (χ2n) is 5.53. The molecule has 7 nitrogen and oxygen atoms in total. The van der Waals surface area contributed by atoms with E-state index in [0.717, 1.165) is 10.6 Å². The number of ether oxygens (including phenoxy) is 1. The first-order valence-electron chi connectivity index (χ1n) is 7.79. The second kappa shape index (κ2) is 7.96. The molecule has 0 atom stereocenters. The van der Waals surface area contributed by atoms with Crippen molar-refractivity contribution in [3.05, 3.63) is 70.0 Å². The minimum Gasteiger partial charge on any atom is -0.454 e. The van der Waals surface area contributed by atoms with Gasteiger partial charge in [-0.2, -0.15) is 0 Å². The maximum absolute atomic E-state index is 13.6. The van der Waals surface area contributed by atoms with Crippen molar-refractivity contribution in [1.29, 1.82) is 0 Å². The number of aromatic nitrogens is 2. The quantitative estimate of drug-likeness (QED) is 0.676. The standard InChI is InChI=1S/C18H13ClFN3O4/c19-11-5-6-13(20)15(7-11)22-16(24)9-27-17(25)8-23-10-21-14-4-2-1-3-12(14)18(23)26/h1-7,10H,8-9H2,(H,22,24). The van der Waals surface area contributed by atoms with E-state index in [1.165, 1.54) is 18.5 Å². The van der Waals surface area contributed by atoms with Gasteiger partial charge in [-0.1, -0.05) is 23.7 Å². The number of benzene rings is 2. The Hall–Kier alpha value is -3.26. The molecule has 0 saturated heterocycles. The van der Waals surface area contributed by atoms with E-state index in [2.05, 4.69) is 10.3 Å². The summed E-state index contributed by atoms with van der Waals surface area (Å²) in [5.74, 6) is -2.22. The maximum atomic E-state index is 13.6. The molecule has 1 heterocycles. The van der Waals surface area contributed by atoms with E-state index in [1.54, 1.807) is 24.3 Å². The van der Waals surface area contributed by atoms with Crippen LogP contribution in [0.4, 0.5) is 10.1 Å². The molecule has 0 fully saturated rings. The highest BCUT2D eigenvalue weighted by molar-refractivity contribution is 6.30. The molecule has 1 aromatic heterocycles.